The van der Waals surface area contributed by atoms with Crippen LogP contribution >= 0.6 is 35.0 Å². The summed E-state index contributed by atoms with van der Waals surface area (Å²) in [5.41, 5.74) is 0.985. The smallest absolute Gasteiger partial charge is 0.209 e. The molecule has 0 fully saturated rings. The number of nitrogens with two attached hydrogens (primary N) is 1. The maximum atomic E-state index is 6.04. The maximum Gasteiger partial charge on any atom is 0.209 e. The van der Waals surface area contributed by atoms with Crippen molar-refractivity contribution in [3.05, 3.63) is 40.1 Å². The Labute approximate surface area is 107 Å². The van der Waals surface area contributed by atoms with E-state index < -0.39 is 0 Å². The fourth-order valence-electron chi connectivity index (χ4n) is 1.12. The van der Waals surface area contributed by atoms with Crippen LogP contribution in [-0.2, 0) is 5.75 Å². The molecule has 7 heteroatoms. The van der Waals surface area contributed by atoms with Crippen LogP contribution in [-0.4, -0.2) is 14.9 Å². The van der Waals surface area contributed by atoms with E-state index in [-0.39, 0.29) is 0 Å². The van der Waals surface area contributed by atoms with Crippen molar-refractivity contribution in [3.63, 3.8) is 0 Å². The minimum atomic E-state index is 0.626. The Morgan fingerprint density at radius 2 is 2.19 bits per heavy atom. The molecule has 0 amide bonds. The van der Waals surface area contributed by atoms with E-state index in [0.717, 1.165) is 5.56 Å². The third-order valence-corrected chi connectivity index (χ3v) is 3.51. The van der Waals surface area contributed by atoms with Crippen LogP contribution in [0, 0.1) is 0 Å². The van der Waals surface area contributed by atoms with E-state index in [1.165, 1.54) is 22.8 Å². The molecule has 0 aliphatic rings. The Bertz CT molecular complexity index is 500. The first-order valence-electron chi connectivity index (χ1n) is 4.38. The van der Waals surface area contributed by atoms with Crippen LogP contribution in [0.3, 0.4) is 0 Å². The molecule has 0 unspecified atom stereocenters. The Balaban J connectivity index is 2.08. The van der Waals surface area contributed by atoms with Gasteiger partial charge in [-0.3, -0.25) is 0 Å². The molecule has 0 bridgehead atoms. The van der Waals surface area contributed by atoms with Gasteiger partial charge in [0.2, 0.25) is 5.16 Å². The monoisotopic (exact) mass is 274 g/mol. The van der Waals surface area contributed by atoms with Gasteiger partial charge in [0.1, 0.15) is 6.33 Å². The van der Waals surface area contributed by atoms with E-state index in [4.69, 9.17) is 29.0 Å². The van der Waals surface area contributed by atoms with E-state index in [9.17, 15) is 0 Å². The topological polar surface area (TPSA) is 56.7 Å². The summed E-state index contributed by atoms with van der Waals surface area (Å²) in [6, 6.07) is 5.40. The van der Waals surface area contributed by atoms with Crippen LogP contribution in [0.15, 0.2) is 29.7 Å². The fourth-order valence-corrected chi connectivity index (χ4v) is 2.51. The minimum absolute atomic E-state index is 0.626. The number of benzene rings is 1. The molecule has 0 aliphatic carbocycles. The second-order valence-electron chi connectivity index (χ2n) is 3.05. The minimum Gasteiger partial charge on any atom is -0.336 e. The van der Waals surface area contributed by atoms with Crippen molar-refractivity contribution in [2.24, 2.45) is 0 Å². The molecule has 1 heterocycles. The quantitative estimate of drug-likeness (QED) is 0.691. The number of hydrogen-bond donors (Lipinski definition) is 1. The van der Waals surface area contributed by atoms with Gasteiger partial charge in [0.25, 0.3) is 0 Å². The molecule has 0 saturated carbocycles. The average molecular weight is 275 g/mol. The molecule has 84 valence electrons. The van der Waals surface area contributed by atoms with Gasteiger partial charge in [-0.25, -0.2) is 4.68 Å². The van der Waals surface area contributed by atoms with E-state index in [1.54, 1.807) is 12.1 Å². The van der Waals surface area contributed by atoms with Gasteiger partial charge < -0.3 is 5.84 Å². The molecule has 4 nitrogen and oxygen atoms in total. The molecule has 0 atom stereocenters. The Morgan fingerprint density at radius 3 is 2.81 bits per heavy atom. The molecule has 2 aromatic rings. The lowest BCUT2D eigenvalue weighted by Crippen LogP contribution is -2.07. The SMILES string of the molecule is Nn1cnnc1SCc1ccc(Cl)cc1Cl. The molecule has 0 radical (unpaired) electrons. The number of thioether (sulfide) groups is 1. The largest absolute Gasteiger partial charge is 0.336 e. The lowest BCUT2D eigenvalue weighted by atomic mass is 10.2. The van der Waals surface area contributed by atoms with Gasteiger partial charge in [-0.05, 0) is 17.7 Å². The van der Waals surface area contributed by atoms with Gasteiger partial charge >= 0.3 is 0 Å². The molecule has 0 saturated heterocycles. The number of hydrogen-bond acceptors (Lipinski definition) is 4. The molecule has 2 N–H and O–H groups in total. The second kappa shape index (κ2) is 4.95. The predicted molar refractivity (Wildman–Crippen MR) is 66.2 cm³/mol. The Morgan fingerprint density at radius 1 is 1.38 bits per heavy atom. The van der Waals surface area contributed by atoms with Gasteiger partial charge in [-0.2, -0.15) is 0 Å². The van der Waals surface area contributed by atoms with E-state index >= 15 is 0 Å². The predicted octanol–water partition coefficient (Wildman–Crippen LogP) is 2.59. The van der Waals surface area contributed by atoms with Gasteiger partial charge in [0.15, 0.2) is 0 Å². The number of nitrogen functional groups attached to an aromatic ring is 1. The summed E-state index contributed by atoms with van der Waals surface area (Å²) in [6.45, 7) is 0. The molecule has 0 spiro atoms. The number of halogens is 2. The van der Waals surface area contributed by atoms with Crippen LogP contribution in [0.1, 0.15) is 5.56 Å². The summed E-state index contributed by atoms with van der Waals surface area (Å²) in [5.74, 6) is 6.26. The summed E-state index contributed by atoms with van der Waals surface area (Å²) < 4.78 is 1.37. The van der Waals surface area contributed by atoms with Crippen molar-refractivity contribution >= 4 is 35.0 Å². The van der Waals surface area contributed by atoms with Crippen molar-refractivity contribution in [1.82, 2.24) is 14.9 Å². The van der Waals surface area contributed by atoms with Crippen LogP contribution in [0.5, 0.6) is 0 Å². The standard InChI is InChI=1S/C9H8Cl2N4S/c10-7-2-1-6(8(11)3-7)4-16-9-14-13-5-15(9)12/h1-3,5H,4,12H2. The number of aromatic nitrogens is 3. The first-order chi connectivity index (χ1) is 7.66. The Hall–Kier alpha value is -0.910. The normalized spacial score (nSPS) is 10.6. The van der Waals surface area contributed by atoms with Crippen LogP contribution in [0.25, 0.3) is 0 Å². The van der Waals surface area contributed by atoms with Crippen LogP contribution in [0.4, 0.5) is 0 Å². The molecule has 1 aromatic carbocycles. The van der Waals surface area contributed by atoms with E-state index in [0.29, 0.717) is 21.0 Å². The van der Waals surface area contributed by atoms with Crippen LogP contribution in [0.2, 0.25) is 10.0 Å². The van der Waals surface area contributed by atoms with E-state index in [1.807, 2.05) is 6.07 Å². The maximum absolute atomic E-state index is 6.04. The molecular formula is C9H8Cl2N4S. The highest BCUT2D eigenvalue weighted by molar-refractivity contribution is 7.98. The summed E-state index contributed by atoms with van der Waals surface area (Å²) >= 11 is 13.3. The molecule has 1 aromatic heterocycles. The van der Waals surface area contributed by atoms with E-state index in [2.05, 4.69) is 10.2 Å². The first-order valence-corrected chi connectivity index (χ1v) is 6.13. The fraction of sp³-hybridized carbons (Fsp3) is 0.111. The lowest BCUT2D eigenvalue weighted by Gasteiger charge is -2.03. The first kappa shape index (κ1) is 11.6. The van der Waals surface area contributed by atoms with Gasteiger partial charge in [-0.1, -0.05) is 41.0 Å². The highest BCUT2D eigenvalue weighted by Crippen LogP contribution is 2.26. The van der Waals surface area contributed by atoms with Crippen molar-refractivity contribution in [3.8, 4) is 0 Å². The highest BCUT2D eigenvalue weighted by atomic mass is 35.5. The summed E-state index contributed by atoms with van der Waals surface area (Å²) in [5, 5.41) is 9.46. The zero-order valence-electron chi connectivity index (χ0n) is 8.10. The zero-order valence-corrected chi connectivity index (χ0v) is 10.4. The third kappa shape index (κ3) is 2.61. The molecule has 16 heavy (non-hydrogen) atoms. The Kier molecular flexibility index (Phi) is 3.58. The summed E-state index contributed by atoms with van der Waals surface area (Å²) in [7, 11) is 0. The molecule has 2 rings (SSSR count). The molecule has 0 aliphatic heterocycles. The number of nitrogens with zero attached hydrogens (tertiary/aromatic N) is 3. The third-order valence-electron chi connectivity index (χ3n) is 1.91. The average Bonchev–Trinajstić information content (AvgIpc) is 2.63. The van der Waals surface area contributed by atoms with Gasteiger partial charge in [0.05, 0.1) is 0 Å². The van der Waals surface area contributed by atoms with Gasteiger partial charge in [0, 0.05) is 15.8 Å². The highest BCUT2D eigenvalue weighted by Gasteiger charge is 2.05. The summed E-state index contributed by atoms with van der Waals surface area (Å²) in [4.78, 5) is 0. The summed E-state index contributed by atoms with van der Waals surface area (Å²) in [6.07, 6.45) is 1.45. The zero-order chi connectivity index (χ0) is 11.5. The number of rotatable bonds is 3. The van der Waals surface area contributed by atoms with Crippen molar-refractivity contribution < 1.29 is 0 Å². The lowest BCUT2D eigenvalue weighted by molar-refractivity contribution is 0.846. The van der Waals surface area contributed by atoms with Crippen molar-refractivity contribution in [1.29, 1.82) is 0 Å². The van der Waals surface area contributed by atoms with Crippen molar-refractivity contribution in [2.75, 3.05) is 5.84 Å². The van der Waals surface area contributed by atoms with Gasteiger partial charge in [-0.15, -0.1) is 10.2 Å². The molecular weight excluding hydrogens is 267 g/mol. The van der Waals surface area contributed by atoms with Crippen LogP contribution < -0.4 is 5.84 Å². The van der Waals surface area contributed by atoms with Crippen molar-refractivity contribution in [2.45, 2.75) is 10.9 Å². The second-order valence-corrected chi connectivity index (χ2v) is 4.83.